The number of benzene rings is 2. The van der Waals surface area contributed by atoms with E-state index in [0.717, 1.165) is 11.3 Å². The number of hydrogen-bond donors (Lipinski definition) is 2. The van der Waals surface area contributed by atoms with Crippen LogP contribution in [0.5, 0.6) is 5.75 Å². The van der Waals surface area contributed by atoms with Gasteiger partial charge in [0, 0.05) is 15.8 Å². The summed E-state index contributed by atoms with van der Waals surface area (Å²) in [5.74, 6) is -0.906. The van der Waals surface area contributed by atoms with Crippen LogP contribution in [0.25, 0.3) is 0 Å². The second kappa shape index (κ2) is 5.56. The average Bonchev–Trinajstić information content (AvgIpc) is 2.35. The molecule has 0 aliphatic carbocycles. The lowest BCUT2D eigenvalue weighted by Crippen LogP contribution is -2.00. The highest BCUT2D eigenvalue weighted by Crippen LogP contribution is 2.19. The van der Waals surface area contributed by atoms with Crippen LogP contribution < -0.4 is 5.32 Å². The van der Waals surface area contributed by atoms with Crippen LogP contribution in [0.4, 0.5) is 10.1 Å². The summed E-state index contributed by atoms with van der Waals surface area (Å²) in [5.41, 5.74) is 3.02. The summed E-state index contributed by atoms with van der Waals surface area (Å²) in [6.07, 6.45) is 0. The van der Waals surface area contributed by atoms with Crippen LogP contribution in [0, 0.1) is 16.3 Å². The Balaban J connectivity index is 2.06. The van der Waals surface area contributed by atoms with E-state index in [0.29, 0.717) is 6.54 Å². The summed E-state index contributed by atoms with van der Waals surface area (Å²) in [6, 6.07) is 10.5. The number of phenolic OH excluding ortho intramolecular Hbond substituents is 1. The molecule has 0 heterocycles. The van der Waals surface area contributed by atoms with Crippen LogP contribution >= 0.6 is 22.6 Å². The lowest BCUT2D eigenvalue weighted by molar-refractivity contribution is 0.432. The van der Waals surface area contributed by atoms with Crippen LogP contribution in [0.3, 0.4) is 0 Å². The second-order valence-corrected chi connectivity index (χ2v) is 5.27. The molecule has 94 valence electrons. The Bertz CT molecular complexity index is 520. The zero-order valence-electron chi connectivity index (χ0n) is 9.87. The van der Waals surface area contributed by atoms with Gasteiger partial charge >= 0.3 is 0 Å². The van der Waals surface area contributed by atoms with Crippen molar-refractivity contribution >= 4 is 28.3 Å². The Labute approximate surface area is 119 Å². The summed E-state index contributed by atoms with van der Waals surface area (Å²) in [4.78, 5) is 0. The molecule has 0 unspecified atom stereocenters. The SMILES string of the molecule is Cc1ccc(NCc2ccc(O)c(F)c2)cc1I. The van der Waals surface area contributed by atoms with E-state index in [1.165, 1.54) is 21.3 Å². The lowest BCUT2D eigenvalue weighted by Gasteiger charge is -2.08. The van der Waals surface area contributed by atoms with Crippen molar-refractivity contribution in [3.8, 4) is 5.75 Å². The molecule has 0 amide bonds. The van der Waals surface area contributed by atoms with Gasteiger partial charge in [0.2, 0.25) is 0 Å². The fourth-order valence-electron chi connectivity index (χ4n) is 1.57. The molecule has 0 fully saturated rings. The van der Waals surface area contributed by atoms with Crippen LogP contribution in [0.2, 0.25) is 0 Å². The highest BCUT2D eigenvalue weighted by molar-refractivity contribution is 14.1. The number of halogens is 2. The number of hydrogen-bond acceptors (Lipinski definition) is 2. The van der Waals surface area contributed by atoms with Crippen LogP contribution in [-0.2, 0) is 6.54 Å². The number of phenols is 1. The third-order valence-corrected chi connectivity index (χ3v) is 3.84. The smallest absolute Gasteiger partial charge is 0.165 e. The maximum absolute atomic E-state index is 13.1. The van der Waals surface area contributed by atoms with Gasteiger partial charge in [0.1, 0.15) is 0 Å². The molecule has 2 rings (SSSR count). The van der Waals surface area contributed by atoms with E-state index < -0.39 is 5.82 Å². The van der Waals surface area contributed by atoms with Crippen molar-refractivity contribution in [3.05, 3.63) is 56.9 Å². The van der Waals surface area contributed by atoms with Crippen LogP contribution in [0.1, 0.15) is 11.1 Å². The van der Waals surface area contributed by atoms with Gasteiger partial charge in [0.15, 0.2) is 11.6 Å². The van der Waals surface area contributed by atoms with Gasteiger partial charge in [0.05, 0.1) is 0 Å². The average molecular weight is 357 g/mol. The van der Waals surface area contributed by atoms with Gasteiger partial charge in [-0.05, 0) is 64.9 Å². The first-order valence-electron chi connectivity index (χ1n) is 5.53. The maximum atomic E-state index is 13.1. The fourth-order valence-corrected chi connectivity index (χ4v) is 2.08. The first-order valence-corrected chi connectivity index (χ1v) is 6.61. The third-order valence-electron chi connectivity index (χ3n) is 2.68. The Kier molecular flexibility index (Phi) is 4.06. The molecule has 2 N–H and O–H groups in total. The van der Waals surface area contributed by atoms with Crippen molar-refractivity contribution in [1.29, 1.82) is 0 Å². The molecular formula is C14H13FINO. The molecule has 0 radical (unpaired) electrons. The first-order chi connectivity index (χ1) is 8.56. The van der Waals surface area contributed by atoms with E-state index in [9.17, 15) is 4.39 Å². The molecule has 0 saturated heterocycles. The van der Waals surface area contributed by atoms with Crippen molar-refractivity contribution in [2.24, 2.45) is 0 Å². The topological polar surface area (TPSA) is 32.3 Å². The van der Waals surface area contributed by atoms with Gasteiger partial charge in [-0.15, -0.1) is 0 Å². The quantitative estimate of drug-likeness (QED) is 0.813. The summed E-state index contributed by atoms with van der Waals surface area (Å²) < 4.78 is 14.3. The van der Waals surface area contributed by atoms with E-state index in [-0.39, 0.29) is 5.75 Å². The van der Waals surface area contributed by atoms with E-state index in [1.807, 2.05) is 18.2 Å². The molecule has 4 heteroatoms. The highest BCUT2D eigenvalue weighted by atomic mass is 127. The second-order valence-electron chi connectivity index (χ2n) is 4.10. The number of aromatic hydroxyl groups is 1. The number of nitrogens with one attached hydrogen (secondary N) is 1. The van der Waals surface area contributed by atoms with Crippen LogP contribution in [-0.4, -0.2) is 5.11 Å². The van der Waals surface area contributed by atoms with E-state index in [2.05, 4.69) is 34.8 Å². The molecule has 0 aliphatic heterocycles. The van der Waals surface area contributed by atoms with Crippen molar-refractivity contribution < 1.29 is 9.50 Å². The van der Waals surface area contributed by atoms with Gasteiger partial charge in [-0.25, -0.2) is 4.39 Å². The molecule has 2 aromatic rings. The molecule has 18 heavy (non-hydrogen) atoms. The normalized spacial score (nSPS) is 10.4. The number of anilines is 1. The maximum Gasteiger partial charge on any atom is 0.165 e. The van der Waals surface area contributed by atoms with Crippen molar-refractivity contribution in [2.75, 3.05) is 5.32 Å². The zero-order valence-corrected chi connectivity index (χ0v) is 12.0. The van der Waals surface area contributed by atoms with Crippen molar-refractivity contribution in [3.63, 3.8) is 0 Å². The minimum atomic E-state index is -0.590. The number of rotatable bonds is 3. The summed E-state index contributed by atoms with van der Waals surface area (Å²) >= 11 is 2.28. The van der Waals surface area contributed by atoms with Crippen molar-refractivity contribution in [2.45, 2.75) is 13.5 Å². The van der Waals surface area contributed by atoms with Crippen molar-refractivity contribution in [1.82, 2.24) is 0 Å². The minimum Gasteiger partial charge on any atom is -0.505 e. The van der Waals surface area contributed by atoms with Gasteiger partial charge in [-0.3, -0.25) is 0 Å². The number of aryl methyl sites for hydroxylation is 1. The molecule has 0 aromatic heterocycles. The Hall–Kier alpha value is -1.30. The molecule has 0 aliphatic rings. The van der Waals surface area contributed by atoms with E-state index in [1.54, 1.807) is 6.07 Å². The standard InChI is InChI=1S/C14H13FINO/c1-9-2-4-11(7-13(9)16)17-8-10-3-5-14(18)12(15)6-10/h2-7,17-18H,8H2,1H3. The summed E-state index contributed by atoms with van der Waals surface area (Å²) in [5, 5.41) is 12.3. The molecule has 0 saturated carbocycles. The van der Waals surface area contributed by atoms with E-state index >= 15 is 0 Å². The highest BCUT2D eigenvalue weighted by Gasteiger charge is 2.02. The molecule has 0 atom stereocenters. The fraction of sp³-hybridized carbons (Fsp3) is 0.143. The van der Waals surface area contributed by atoms with Gasteiger partial charge in [-0.1, -0.05) is 12.1 Å². The Morgan fingerprint density at radius 2 is 2.00 bits per heavy atom. The zero-order chi connectivity index (χ0) is 13.1. The van der Waals surface area contributed by atoms with Crippen LogP contribution in [0.15, 0.2) is 36.4 Å². The van der Waals surface area contributed by atoms with Gasteiger partial charge < -0.3 is 10.4 Å². The Morgan fingerprint density at radius 1 is 1.22 bits per heavy atom. The Morgan fingerprint density at radius 3 is 2.67 bits per heavy atom. The molecular weight excluding hydrogens is 344 g/mol. The molecule has 0 spiro atoms. The first kappa shape index (κ1) is 13.1. The molecule has 2 aromatic carbocycles. The van der Waals surface area contributed by atoms with E-state index in [4.69, 9.17) is 5.11 Å². The summed E-state index contributed by atoms with van der Waals surface area (Å²) in [7, 11) is 0. The predicted octanol–water partition coefficient (Wildman–Crippen LogP) is 4.06. The largest absolute Gasteiger partial charge is 0.505 e. The molecule has 2 nitrogen and oxygen atoms in total. The monoisotopic (exact) mass is 357 g/mol. The third kappa shape index (κ3) is 3.13. The minimum absolute atomic E-state index is 0.316. The summed E-state index contributed by atoms with van der Waals surface area (Å²) in [6.45, 7) is 2.58. The molecule has 0 bridgehead atoms. The predicted molar refractivity (Wildman–Crippen MR) is 79.3 cm³/mol. The van der Waals surface area contributed by atoms with Gasteiger partial charge in [-0.2, -0.15) is 0 Å². The lowest BCUT2D eigenvalue weighted by atomic mass is 10.2. The van der Waals surface area contributed by atoms with Gasteiger partial charge in [0.25, 0.3) is 0 Å².